The van der Waals surface area contributed by atoms with Crippen LogP contribution in [0, 0.1) is 0 Å². The number of amides is 1. The second-order valence-electron chi connectivity index (χ2n) is 5.17. The molecule has 0 atom stereocenters. The van der Waals surface area contributed by atoms with Gasteiger partial charge in [0.25, 0.3) is 0 Å². The molecule has 1 heterocycles. The van der Waals surface area contributed by atoms with Crippen molar-refractivity contribution in [3.8, 4) is 0 Å². The maximum absolute atomic E-state index is 11.9. The van der Waals surface area contributed by atoms with Crippen LogP contribution in [0.5, 0.6) is 0 Å². The van der Waals surface area contributed by atoms with Crippen molar-refractivity contribution in [2.24, 2.45) is 5.73 Å². The Hall–Kier alpha value is -0.580. The second kappa shape index (κ2) is 7.88. The normalized spacial score (nSPS) is 16.9. The molecule has 0 aromatic carbocycles. The molecule has 0 spiro atoms. The fraction of sp³-hybridized carbons (Fsp3) is 0.643. The first-order valence-corrected chi connectivity index (χ1v) is 7.65. The summed E-state index contributed by atoms with van der Waals surface area (Å²) in [4.78, 5) is 13.3. The molecule has 0 aliphatic heterocycles. The molecule has 3 nitrogen and oxygen atoms in total. The summed E-state index contributed by atoms with van der Waals surface area (Å²) in [5.74, 6) is 0.166. The summed E-state index contributed by atoms with van der Waals surface area (Å²) in [5, 5.41) is 5.24. The van der Waals surface area contributed by atoms with E-state index in [1.807, 2.05) is 0 Å². The van der Waals surface area contributed by atoms with Gasteiger partial charge in [-0.3, -0.25) is 4.79 Å². The van der Waals surface area contributed by atoms with E-state index in [4.69, 9.17) is 5.73 Å². The van der Waals surface area contributed by atoms with E-state index in [1.165, 1.54) is 17.7 Å². The van der Waals surface area contributed by atoms with Crippen molar-refractivity contribution < 1.29 is 4.79 Å². The van der Waals surface area contributed by atoms with Gasteiger partial charge in [0, 0.05) is 17.8 Å². The third-order valence-electron chi connectivity index (χ3n) is 3.76. The minimum absolute atomic E-state index is 0. The Balaban J connectivity index is 0.00000180. The van der Waals surface area contributed by atoms with E-state index >= 15 is 0 Å². The lowest BCUT2D eigenvalue weighted by Gasteiger charge is -2.28. The molecular formula is C14H23ClN2OS. The minimum atomic E-state index is -0.0972. The smallest absolute Gasteiger partial charge is 0.220 e. The Bertz CT molecular complexity index is 375. The van der Waals surface area contributed by atoms with Gasteiger partial charge < -0.3 is 11.1 Å². The Kier molecular flexibility index (Phi) is 6.83. The summed E-state index contributed by atoms with van der Waals surface area (Å²) in [6, 6.07) is 4.18. The van der Waals surface area contributed by atoms with Crippen LogP contribution in [0.1, 0.15) is 43.4 Å². The number of carbonyl (C=O) groups is 1. The van der Waals surface area contributed by atoms with Crippen LogP contribution in [-0.4, -0.2) is 18.0 Å². The Morgan fingerprint density at radius 3 is 2.74 bits per heavy atom. The fourth-order valence-corrected chi connectivity index (χ4v) is 3.42. The summed E-state index contributed by atoms with van der Waals surface area (Å²) in [7, 11) is 0. The van der Waals surface area contributed by atoms with Gasteiger partial charge in [-0.15, -0.1) is 23.7 Å². The van der Waals surface area contributed by atoms with Crippen LogP contribution in [-0.2, 0) is 11.2 Å². The highest BCUT2D eigenvalue weighted by Crippen LogP contribution is 2.28. The Morgan fingerprint density at radius 2 is 2.16 bits per heavy atom. The van der Waals surface area contributed by atoms with Gasteiger partial charge in [0.1, 0.15) is 0 Å². The standard InChI is InChI=1S/C14H22N2OS.ClH/c15-11-14(8-1-2-9-14)16-13(17)7-3-5-12-6-4-10-18-12;/h4,6,10H,1-3,5,7-9,11,15H2,(H,16,17);1H. The molecule has 1 fully saturated rings. The van der Waals surface area contributed by atoms with Crippen LogP contribution in [0.3, 0.4) is 0 Å². The first-order valence-electron chi connectivity index (χ1n) is 6.78. The summed E-state index contributed by atoms with van der Waals surface area (Å²) >= 11 is 1.76. The van der Waals surface area contributed by atoms with Crippen molar-refractivity contribution in [3.63, 3.8) is 0 Å². The number of hydrogen-bond donors (Lipinski definition) is 2. The van der Waals surface area contributed by atoms with Crippen LogP contribution in [0.15, 0.2) is 17.5 Å². The quantitative estimate of drug-likeness (QED) is 0.849. The van der Waals surface area contributed by atoms with Crippen LogP contribution >= 0.6 is 23.7 Å². The molecule has 0 radical (unpaired) electrons. The topological polar surface area (TPSA) is 55.1 Å². The van der Waals surface area contributed by atoms with Crippen molar-refractivity contribution in [2.75, 3.05) is 6.54 Å². The molecule has 0 saturated heterocycles. The van der Waals surface area contributed by atoms with Crippen LogP contribution in [0.25, 0.3) is 0 Å². The zero-order chi connectivity index (χ0) is 12.8. The minimum Gasteiger partial charge on any atom is -0.349 e. The van der Waals surface area contributed by atoms with Gasteiger partial charge in [-0.1, -0.05) is 18.9 Å². The zero-order valence-corrected chi connectivity index (χ0v) is 12.8. The molecule has 1 amide bonds. The maximum atomic E-state index is 11.9. The number of halogens is 1. The van der Waals surface area contributed by atoms with Gasteiger partial charge in [0.2, 0.25) is 5.91 Å². The van der Waals surface area contributed by atoms with Crippen LogP contribution in [0.2, 0.25) is 0 Å². The second-order valence-corrected chi connectivity index (χ2v) is 6.20. The van der Waals surface area contributed by atoms with Gasteiger partial charge >= 0.3 is 0 Å². The van der Waals surface area contributed by atoms with Crippen molar-refractivity contribution >= 4 is 29.7 Å². The number of aryl methyl sites for hydroxylation is 1. The molecule has 2 rings (SSSR count). The van der Waals surface area contributed by atoms with Gasteiger partial charge in [0.15, 0.2) is 0 Å². The average molecular weight is 303 g/mol. The van der Waals surface area contributed by atoms with E-state index in [-0.39, 0.29) is 23.9 Å². The molecule has 5 heteroatoms. The molecule has 19 heavy (non-hydrogen) atoms. The van der Waals surface area contributed by atoms with Gasteiger partial charge in [-0.05, 0) is 37.1 Å². The van der Waals surface area contributed by atoms with Crippen molar-refractivity contribution in [3.05, 3.63) is 22.4 Å². The lowest BCUT2D eigenvalue weighted by Crippen LogP contribution is -2.51. The van der Waals surface area contributed by atoms with Crippen LogP contribution < -0.4 is 11.1 Å². The third-order valence-corrected chi connectivity index (χ3v) is 4.70. The van der Waals surface area contributed by atoms with Gasteiger partial charge in [0.05, 0.1) is 5.54 Å². The number of rotatable bonds is 6. The largest absolute Gasteiger partial charge is 0.349 e. The van der Waals surface area contributed by atoms with Crippen molar-refractivity contribution in [2.45, 2.75) is 50.5 Å². The number of nitrogens with one attached hydrogen (secondary N) is 1. The Morgan fingerprint density at radius 1 is 1.42 bits per heavy atom. The van der Waals surface area contributed by atoms with E-state index in [0.717, 1.165) is 25.7 Å². The predicted molar refractivity (Wildman–Crippen MR) is 82.9 cm³/mol. The van der Waals surface area contributed by atoms with E-state index in [1.54, 1.807) is 11.3 Å². The number of hydrogen-bond acceptors (Lipinski definition) is 3. The predicted octanol–water partition coefficient (Wildman–Crippen LogP) is 2.88. The molecule has 108 valence electrons. The highest BCUT2D eigenvalue weighted by Gasteiger charge is 2.33. The summed E-state index contributed by atoms with van der Waals surface area (Å²) < 4.78 is 0. The molecule has 1 aromatic heterocycles. The molecule has 0 bridgehead atoms. The SMILES string of the molecule is Cl.NCC1(NC(=O)CCCc2cccs2)CCCC1. The maximum Gasteiger partial charge on any atom is 0.220 e. The highest BCUT2D eigenvalue weighted by atomic mass is 35.5. The molecule has 1 aromatic rings. The van der Waals surface area contributed by atoms with E-state index < -0.39 is 0 Å². The molecular weight excluding hydrogens is 280 g/mol. The fourth-order valence-electron chi connectivity index (χ4n) is 2.67. The van der Waals surface area contributed by atoms with Gasteiger partial charge in [-0.2, -0.15) is 0 Å². The molecule has 1 aliphatic rings. The first kappa shape index (κ1) is 16.5. The van der Waals surface area contributed by atoms with Crippen molar-refractivity contribution in [1.29, 1.82) is 0 Å². The molecule has 1 aliphatic carbocycles. The summed E-state index contributed by atoms with van der Waals surface area (Å²) in [6.07, 6.45) is 6.99. The lowest BCUT2D eigenvalue weighted by molar-refractivity contribution is -0.123. The van der Waals surface area contributed by atoms with Gasteiger partial charge in [-0.25, -0.2) is 0 Å². The van der Waals surface area contributed by atoms with Crippen LogP contribution in [0.4, 0.5) is 0 Å². The molecule has 1 saturated carbocycles. The number of carbonyl (C=O) groups excluding carboxylic acids is 1. The summed E-state index contributed by atoms with van der Waals surface area (Å²) in [6.45, 7) is 0.573. The van der Waals surface area contributed by atoms with E-state index in [0.29, 0.717) is 13.0 Å². The highest BCUT2D eigenvalue weighted by molar-refractivity contribution is 7.09. The number of thiophene rings is 1. The third kappa shape index (κ3) is 4.79. The lowest BCUT2D eigenvalue weighted by atomic mass is 9.97. The van der Waals surface area contributed by atoms with E-state index in [9.17, 15) is 4.79 Å². The van der Waals surface area contributed by atoms with E-state index in [2.05, 4.69) is 22.8 Å². The first-order chi connectivity index (χ1) is 8.74. The Labute approximate surface area is 125 Å². The molecule has 3 N–H and O–H groups in total. The monoisotopic (exact) mass is 302 g/mol. The zero-order valence-electron chi connectivity index (χ0n) is 11.2. The molecule has 0 unspecified atom stereocenters. The summed E-state index contributed by atoms with van der Waals surface area (Å²) in [5.41, 5.74) is 5.71. The van der Waals surface area contributed by atoms with Crippen molar-refractivity contribution in [1.82, 2.24) is 5.32 Å². The average Bonchev–Trinajstić information content (AvgIpc) is 3.01. The number of nitrogens with two attached hydrogens (primary N) is 1.